The molecule has 4 atom stereocenters. The van der Waals surface area contributed by atoms with Crippen molar-refractivity contribution in [3.8, 4) is 35.2 Å². The number of phenols is 1. The van der Waals surface area contributed by atoms with Crippen LogP contribution in [-0.2, 0) is 10.9 Å². The van der Waals surface area contributed by atoms with Crippen molar-refractivity contribution in [2.75, 3.05) is 44.3 Å². The fraction of sp³-hybridized carbons (Fsp3) is 0.459. The van der Waals surface area contributed by atoms with Gasteiger partial charge >= 0.3 is 12.2 Å². The normalized spacial score (nSPS) is 25.7. The van der Waals surface area contributed by atoms with E-state index in [2.05, 4.69) is 21.1 Å². The summed E-state index contributed by atoms with van der Waals surface area (Å²) in [4.78, 5) is 13.6. The summed E-state index contributed by atoms with van der Waals surface area (Å²) in [5, 5.41) is 14.7. The quantitative estimate of drug-likeness (QED) is 0.186. The van der Waals surface area contributed by atoms with Gasteiger partial charge in [0.1, 0.15) is 17.1 Å². The van der Waals surface area contributed by atoms with Crippen LogP contribution in [0.2, 0.25) is 0 Å². The van der Waals surface area contributed by atoms with E-state index in [4.69, 9.17) is 20.9 Å². The highest BCUT2D eigenvalue weighted by Crippen LogP contribution is 2.49. The fourth-order valence-corrected chi connectivity index (χ4v) is 8.53. The second kappa shape index (κ2) is 11.2. The summed E-state index contributed by atoms with van der Waals surface area (Å²) in [5.41, 5.74) is -2.19. The number of nitrogens with one attached hydrogen (secondary N) is 1. The molecule has 1 aromatic heterocycles. The third-order valence-corrected chi connectivity index (χ3v) is 11.1. The van der Waals surface area contributed by atoms with Crippen molar-refractivity contribution >= 4 is 27.5 Å². The van der Waals surface area contributed by atoms with E-state index in [-0.39, 0.29) is 68.6 Å². The Kier molecular flexibility index (Phi) is 7.03. The number of alkyl halides is 3. The van der Waals surface area contributed by atoms with Gasteiger partial charge in [-0.25, -0.2) is 4.39 Å². The monoisotopic (exact) mass is 673 g/mol. The molecular formula is C37H35F4N5O3. The number of nitrogens with zero attached hydrogens (tertiary/aromatic N) is 4. The van der Waals surface area contributed by atoms with E-state index in [1.807, 2.05) is 4.90 Å². The third-order valence-electron chi connectivity index (χ3n) is 11.1. The Bertz CT molecular complexity index is 2030. The van der Waals surface area contributed by atoms with E-state index in [9.17, 15) is 5.11 Å². The van der Waals surface area contributed by atoms with Crippen molar-refractivity contribution in [1.29, 1.82) is 0 Å². The Labute approximate surface area is 280 Å². The number of aromatic hydroxyl groups is 1. The zero-order valence-corrected chi connectivity index (χ0v) is 26.7. The van der Waals surface area contributed by atoms with Crippen LogP contribution in [0.5, 0.6) is 11.8 Å². The van der Waals surface area contributed by atoms with Gasteiger partial charge in [0.2, 0.25) is 0 Å². The summed E-state index contributed by atoms with van der Waals surface area (Å²) < 4.78 is 74.3. The molecule has 9 rings (SSSR count). The lowest BCUT2D eigenvalue weighted by Gasteiger charge is -2.34. The minimum absolute atomic E-state index is 0.0434. The summed E-state index contributed by atoms with van der Waals surface area (Å²) in [6.07, 6.45) is 5.94. The van der Waals surface area contributed by atoms with Gasteiger partial charge in [0.05, 0.1) is 24.9 Å². The van der Waals surface area contributed by atoms with E-state index in [1.165, 1.54) is 6.07 Å². The van der Waals surface area contributed by atoms with Gasteiger partial charge in [0, 0.05) is 71.6 Å². The molecular weight excluding hydrogens is 638 g/mol. The Morgan fingerprint density at radius 3 is 2.57 bits per heavy atom. The molecule has 8 nitrogen and oxygen atoms in total. The molecule has 0 radical (unpaired) electrons. The maximum atomic E-state index is 17.1. The van der Waals surface area contributed by atoms with Crippen LogP contribution in [0.1, 0.15) is 43.2 Å². The van der Waals surface area contributed by atoms with Crippen molar-refractivity contribution in [2.45, 2.75) is 62.5 Å². The van der Waals surface area contributed by atoms with Crippen molar-refractivity contribution in [2.24, 2.45) is 5.41 Å². The van der Waals surface area contributed by atoms with Crippen LogP contribution in [0.4, 0.5) is 23.4 Å². The van der Waals surface area contributed by atoms with Gasteiger partial charge in [-0.2, -0.15) is 23.1 Å². The number of benzene rings is 3. The number of hydrogen-bond acceptors (Lipinski definition) is 8. The van der Waals surface area contributed by atoms with Crippen molar-refractivity contribution in [1.82, 2.24) is 20.2 Å². The van der Waals surface area contributed by atoms with Crippen LogP contribution in [0.25, 0.3) is 32.8 Å². The molecule has 12 heteroatoms. The minimum atomic E-state index is -4.96. The second-order valence-electron chi connectivity index (χ2n) is 14.5. The molecule has 1 aliphatic carbocycles. The van der Waals surface area contributed by atoms with E-state index < -0.39 is 23.1 Å². The van der Waals surface area contributed by atoms with Crippen molar-refractivity contribution < 1.29 is 32.1 Å². The molecule has 1 saturated carbocycles. The number of fused-ring (bicyclic) bond motifs is 6. The average molecular weight is 674 g/mol. The standard InChI is InChI=1S/C37H35F4N5O3/c1-2-20-4-3-5-21-10-25(47)12-27(30(20)21)31-29(37(39,40)41)13-28-33(32(31)38)43-35(44-34(28)45-14-22-6-7-23(15-45)42-22)49-19-36(8-9-36)18-46-16-26-11-24(46)17-48-26/h1,3-5,10,12-13,22-24,26,42,47H,6-9,11,14-19H2/t22?,23?,24-,26-/m0/s1. The summed E-state index contributed by atoms with van der Waals surface area (Å²) in [6.45, 7) is 3.84. The SMILES string of the molecule is C#Cc1cccc2cc(O)cc(-c3c(C(F)(F)F)cc4c(N5CC6CCC(C5)N6)nc(OCC5(CN6C[C@@H]7C[C@H]6CO7)CC5)nc4c3F)c12. The van der Waals surface area contributed by atoms with Crippen LogP contribution in [0, 0.1) is 23.6 Å². The number of halogens is 4. The molecule has 0 spiro atoms. The molecule has 4 bridgehead atoms. The minimum Gasteiger partial charge on any atom is -0.508 e. The van der Waals surface area contributed by atoms with Gasteiger partial charge in [0.15, 0.2) is 5.82 Å². The summed E-state index contributed by atoms with van der Waals surface area (Å²) in [6, 6.07) is 8.93. The molecule has 3 aromatic carbocycles. The topological polar surface area (TPSA) is 83.0 Å². The predicted octanol–water partition coefficient (Wildman–Crippen LogP) is 5.87. The number of morpholine rings is 1. The number of terminal acetylenes is 1. The molecule has 5 aliphatic rings. The van der Waals surface area contributed by atoms with E-state index in [1.54, 1.807) is 18.2 Å². The van der Waals surface area contributed by atoms with Gasteiger partial charge in [0.25, 0.3) is 0 Å². The van der Waals surface area contributed by atoms with Crippen LogP contribution in [0.15, 0.2) is 36.4 Å². The number of aromatic nitrogens is 2. The maximum absolute atomic E-state index is 17.1. The lowest BCUT2D eigenvalue weighted by Crippen LogP contribution is -2.51. The van der Waals surface area contributed by atoms with Gasteiger partial charge in [-0.05, 0) is 67.3 Å². The zero-order chi connectivity index (χ0) is 33.7. The molecule has 4 aromatic rings. The Morgan fingerprint density at radius 1 is 1.10 bits per heavy atom. The molecule has 2 N–H and O–H groups in total. The number of anilines is 1. The number of piperazine rings is 1. The number of rotatable bonds is 7. The first kappa shape index (κ1) is 30.8. The maximum Gasteiger partial charge on any atom is 0.417 e. The van der Waals surface area contributed by atoms with Crippen LogP contribution >= 0.6 is 0 Å². The lowest BCUT2D eigenvalue weighted by molar-refractivity contribution is -0.137. The van der Waals surface area contributed by atoms with Gasteiger partial charge in [-0.1, -0.05) is 18.1 Å². The zero-order valence-electron chi connectivity index (χ0n) is 26.7. The Hall–Kier alpha value is -4.18. The van der Waals surface area contributed by atoms with Crippen molar-refractivity contribution in [3.05, 3.63) is 53.3 Å². The number of ether oxygens (including phenoxy) is 2. The van der Waals surface area contributed by atoms with Gasteiger partial charge in [-0.15, -0.1) is 6.42 Å². The average Bonchev–Trinajstić information content (AvgIpc) is 3.33. The second-order valence-corrected chi connectivity index (χ2v) is 14.5. The number of hydrogen-bond donors (Lipinski definition) is 2. The molecule has 254 valence electrons. The van der Waals surface area contributed by atoms with Crippen LogP contribution < -0.4 is 15.0 Å². The van der Waals surface area contributed by atoms with E-state index in [0.29, 0.717) is 31.1 Å². The fourth-order valence-electron chi connectivity index (χ4n) is 8.53. The van der Waals surface area contributed by atoms with Crippen LogP contribution in [0.3, 0.4) is 0 Å². The Morgan fingerprint density at radius 2 is 1.90 bits per heavy atom. The summed E-state index contributed by atoms with van der Waals surface area (Å²) in [5.74, 6) is 1.23. The highest BCUT2D eigenvalue weighted by Gasteiger charge is 2.49. The highest BCUT2D eigenvalue weighted by molar-refractivity contribution is 6.05. The number of likely N-dealkylation sites (tertiary alicyclic amines) is 1. The van der Waals surface area contributed by atoms with E-state index >= 15 is 17.6 Å². The molecule has 5 fully saturated rings. The lowest BCUT2D eigenvalue weighted by atomic mass is 9.90. The van der Waals surface area contributed by atoms with Crippen molar-refractivity contribution in [3.63, 3.8) is 0 Å². The third kappa shape index (κ3) is 5.34. The highest BCUT2D eigenvalue weighted by atomic mass is 19.4. The Balaban J connectivity index is 1.19. The smallest absolute Gasteiger partial charge is 0.417 e. The summed E-state index contributed by atoms with van der Waals surface area (Å²) >= 11 is 0. The molecule has 4 saturated heterocycles. The first-order valence-corrected chi connectivity index (χ1v) is 16.9. The van der Waals surface area contributed by atoms with Gasteiger partial charge < -0.3 is 24.8 Å². The molecule has 49 heavy (non-hydrogen) atoms. The number of phenolic OH excluding ortho intramolecular Hbond substituents is 1. The van der Waals surface area contributed by atoms with E-state index in [0.717, 1.165) is 63.9 Å². The molecule has 2 unspecified atom stereocenters. The predicted molar refractivity (Wildman–Crippen MR) is 176 cm³/mol. The first-order chi connectivity index (χ1) is 23.6. The molecule has 0 amide bonds. The van der Waals surface area contributed by atoms with Crippen LogP contribution in [-0.4, -0.2) is 83.6 Å². The first-order valence-electron chi connectivity index (χ1n) is 16.9. The summed E-state index contributed by atoms with van der Waals surface area (Å²) in [7, 11) is 0. The largest absolute Gasteiger partial charge is 0.508 e. The molecule has 4 aliphatic heterocycles. The van der Waals surface area contributed by atoms with Gasteiger partial charge in [-0.3, -0.25) is 4.90 Å². The molecule has 5 heterocycles.